The van der Waals surface area contributed by atoms with E-state index in [2.05, 4.69) is 41.4 Å². The van der Waals surface area contributed by atoms with Crippen LogP contribution in [0, 0.1) is 0 Å². The van der Waals surface area contributed by atoms with Gasteiger partial charge in [-0.1, -0.05) is 20.8 Å². The summed E-state index contributed by atoms with van der Waals surface area (Å²) in [6, 6.07) is 0. The van der Waals surface area contributed by atoms with Gasteiger partial charge in [0, 0.05) is 30.8 Å². The fraction of sp³-hybridized carbons (Fsp3) is 0.636. The van der Waals surface area contributed by atoms with Crippen molar-refractivity contribution in [3.8, 4) is 0 Å². The number of halogens is 1. The number of thiazole rings is 1. The smallest absolute Gasteiger partial charge is 0.188 e. The normalized spacial score (nSPS) is 12.1. The second kappa shape index (κ2) is 7.15. The Bertz CT molecular complexity index is 368. The molecule has 1 heterocycles. The zero-order chi connectivity index (χ0) is 12.2. The van der Waals surface area contributed by atoms with Crippen molar-refractivity contribution in [1.29, 1.82) is 0 Å². The summed E-state index contributed by atoms with van der Waals surface area (Å²) in [5.74, 6) is 0.479. The first kappa shape index (κ1) is 16.6. The van der Waals surface area contributed by atoms with E-state index in [1.165, 1.54) is 0 Å². The molecule has 0 aromatic carbocycles. The van der Waals surface area contributed by atoms with Gasteiger partial charge in [-0.05, 0) is 0 Å². The topological polar surface area (TPSA) is 63.3 Å². The number of aromatic nitrogens is 1. The van der Waals surface area contributed by atoms with E-state index in [1.807, 2.05) is 0 Å². The Hall–Kier alpha value is -0.370. The minimum Gasteiger partial charge on any atom is -0.370 e. The zero-order valence-electron chi connectivity index (χ0n) is 10.8. The molecule has 1 aromatic rings. The molecule has 0 fully saturated rings. The number of nitrogens with one attached hydrogen (secondary N) is 1. The average molecular weight is 368 g/mol. The van der Waals surface area contributed by atoms with Gasteiger partial charge in [0.1, 0.15) is 0 Å². The van der Waals surface area contributed by atoms with Gasteiger partial charge < -0.3 is 11.1 Å². The predicted octanol–water partition coefficient (Wildman–Crippen LogP) is 2.14. The summed E-state index contributed by atoms with van der Waals surface area (Å²) in [6.07, 6.45) is 0.886. The number of guanidine groups is 1. The second-order valence-corrected chi connectivity index (χ2v) is 5.60. The van der Waals surface area contributed by atoms with Gasteiger partial charge in [0.05, 0.1) is 10.7 Å². The Kier molecular flexibility index (Phi) is 6.99. The van der Waals surface area contributed by atoms with Crippen LogP contribution in [0.15, 0.2) is 10.4 Å². The highest BCUT2D eigenvalue weighted by atomic mass is 127. The third-order valence-electron chi connectivity index (χ3n) is 2.21. The maximum atomic E-state index is 5.53. The van der Waals surface area contributed by atoms with Crippen molar-refractivity contribution in [2.75, 3.05) is 13.6 Å². The lowest BCUT2D eigenvalue weighted by Crippen LogP contribution is -2.32. The van der Waals surface area contributed by atoms with Gasteiger partial charge in [-0.25, -0.2) is 4.98 Å². The van der Waals surface area contributed by atoms with Crippen LogP contribution in [0.1, 0.15) is 31.5 Å². The van der Waals surface area contributed by atoms with Crippen LogP contribution >= 0.6 is 35.3 Å². The van der Waals surface area contributed by atoms with E-state index in [0.29, 0.717) is 5.96 Å². The number of hydrogen-bond donors (Lipinski definition) is 2. The largest absolute Gasteiger partial charge is 0.370 e. The molecule has 17 heavy (non-hydrogen) atoms. The first-order valence-electron chi connectivity index (χ1n) is 5.34. The summed E-state index contributed by atoms with van der Waals surface area (Å²) in [7, 11) is 1.67. The summed E-state index contributed by atoms with van der Waals surface area (Å²) in [5, 5.41) is 6.29. The Morgan fingerprint density at radius 1 is 1.53 bits per heavy atom. The molecule has 0 saturated carbocycles. The molecule has 1 rings (SSSR count). The molecule has 0 aliphatic rings. The molecule has 4 nitrogen and oxygen atoms in total. The fourth-order valence-electron chi connectivity index (χ4n) is 1.15. The third-order valence-corrected chi connectivity index (χ3v) is 3.11. The van der Waals surface area contributed by atoms with E-state index in [0.717, 1.165) is 23.7 Å². The summed E-state index contributed by atoms with van der Waals surface area (Å²) in [6.45, 7) is 7.30. The Balaban J connectivity index is 0.00000256. The monoisotopic (exact) mass is 368 g/mol. The summed E-state index contributed by atoms with van der Waals surface area (Å²) < 4.78 is 0. The van der Waals surface area contributed by atoms with Crippen LogP contribution in [0.3, 0.4) is 0 Å². The van der Waals surface area contributed by atoms with Crippen molar-refractivity contribution >= 4 is 41.3 Å². The van der Waals surface area contributed by atoms with E-state index in [-0.39, 0.29) is 29.4 Å². The minimum absolute atomic E-state index is 0. The Morgan fingerprint density at radius 2 is 2.18 bits per heavy atom. The lowest BCUT2D eigenvalue weighted by molar-refractivity contribution is 0.570. The summed E-state index contributed by atoms with van der Waals surface area (Å²) >= 11 is 1.70. The van der Waals surface area contributed by atoms with E-state index < -0.39 is 0 Å². The van der Waals surface area contributed by atoms with E-state index >= 15 is 0 Å². The van der Waals surface area contributed by atoms with Crippen LogP contribution in [0.2, 0.25) is 0 Å². The highest BCUT2D eigenvalue weighted by Gasteiger charge is 2.16. The van der Waals surface area contributed by atoms with Gasteiger partial charge in [-0.15, -0.1) is 35.3 Å². The van der Waals surface area contributed by atoms with Crippen LogP contribution in [0.25, 0.3) is 0 Å². The lowest BCUT2D eigenvalue weighted by Gasteiger charge is -2.14. The van der Waals surface area contributed by atoms with Gasteiger partial charge >= 0.3 is 0 Å². The highest BCUT2D eigenvalue weighted by Crippen LogP contribution is 2.23. The van der Waals surface area contributed by atoms with Gasteiger partial charge in [0.2, 0.25) is 0 Å². The first-order valence-corrected chi connectivity index (χ1v) is 6.22. The number of aliphatic imine (C=N–C) groups is 1. The van der Waals surface area contributed by atoms with E-state index in [4.69, 9.17) is 5.73 Å². The molecule has 3 N–H and O–H groups in total. The second-order valence-electron chi connectivity index (χ2n) is 4.66. The van der Waals surface area contributed by atoms with Crippen molar-refractivity contribution in [2.24, 2.45) is 10.7 Å². The Labute approximate surface area is 124 Å². The number of hydrogen-bond acceptors (Lipinski definition) is 3. The number of nitrogens with two attached hydrogens (primary N) is 1. The molecule has 98 valence electrons. The minimum atomic E-state index is 0. The maximum absolute atomic E-state index is 5.53. The number of rotatable bonds is 3. The van der Waals surface area contributed by atoms with Gasteiger partial charge in [0.15, 0.2) is 5.96 Å². The van der Waals surface area contributed by atoms with Gasteiger partial charge in [-0.2, -0.15) is 0 Å². The van der Waals surface area contributed by atoms with Crippen molar-refractivity contribution < 1.29 is 0 Å². The lowest BCUT2D eigenvalue weighted by atomic mass is 9.93. The molecule has 0 aliphatic carbocycles. The van der Waals surface area contributed by atoms with E-state index in [9.17, 15) is 0 Å². The van der Waals surface area contributed by atoms with Crippen molar-refractivity contribution in [3.63, 3.8) is 0 Å². The van der Waals surface area contributed by atoms with Crippen LogP contribution in [-0.2, 0) is 11.8 Å². The molecule has 0 atom stereocenters. The zero-order valence-corrected chi connectivity index (χ0v) is 13.9. The van der Waals surface area contributed by atoms with Gasteiger partial charge in [-0.3, -0.25) is 4.99 Å². The van der Waals surface area contributed by atoms with Crippen LogP contribution in [0.4, 0.5) is 0 Å². The Morgan fingerprint density at radius 3 is 2.65 bits per heavy atom. The van der Waals surface area contributed by atoms with Crippen LogP contribution in [-0.4, -0.2) is 24.5 Å². The molecule has 0 amide bonds. The third kappa shape index (κ3) is 5.67. The van der Waals surface area contributed by atoms with Crippen molar-refractivity contribution in [2.45, 2.75) is 32.6 Å². The molecule has 0 unspecified atom stereocenters. The van der Waals surface area contributed by atoms with E-state index in [1.54, 1.807) is 18.4 Å². The maximum Gasteiger partial charge on any atom is 0.188 e. The van der Waals surface area contributed by atoms with Crippen LogP contribution < -0.4 is 11.1 Å². The molecular formula is C11H21IN4S. The van der Waals surface area contributed by atoms with Gasteiger partial charge in [0.25, 0.3) is 0 Å². The molecule has 0 saturated heterocycles. The molecule has 0 radical (unpaired) electrons. The highest BCUT2D eigenvalue weighted by molar-refractivity contribution is 14.0. The van der Waals surface area contributed by atoms with Crippen molar-refractivity contribution in [3.05, 3.63) is 16.1 Å². The summed E-state index contributed by atoms with van der Waals surface area (Å²) in [4.78, 5) is 8.43. The fourth-order valence-corrected chi connectivity index (χ4v) is 2.17. The van der Waals surface area contributed by atoms with Crippen LogP contribution in [0.5, 0.6) is 0 Å². The summed E-state index contributed by atoms with van der Waals surface area (Å²) in [5.41, 5.74) is 6.82. The molecule has 0 spiro atoms. The molecule has 6 heteroatoms. The molecule has 0 aliphatic heterocycles. The number of nitrogens with zero attached hydrogens (tertiary/aromatic N) is 2. The SMILES string of the molecule is CN=C(N)NCCc1nc(C(C)(C)C)cs1.I. The predicted molar refractivity (Wildman–Crippen MR) is 85.5 cm³/mol. The molecule has 1 aromatic heterocycles. The quantitative estimate of drug-likeness (QED) is 0.488. The average Bonchev–Trinajstić information content (AvgIpc) is 2.65. The molecule has 0 bridgehead atoms. The molecular weight excluding hydrogens is 347 g/mol. The first-order chi connectivity index (χ1) is 7.43. The standard InChI is InChI=1S/C11H20N4S.HI/c1-11(2,3)8-7-16-9(15-8)5-6-14-10(12)13-4;/h7H,5-6H2,1-4H3,(H3,12,13,14);1H. The van der Waals surface area contributed by atoms with Crippen molar-refractivity contribution in [1.82, 2.24) is 10.3 Å².